The maximum atomic E-state index is 12.7. The van der Waals surface area contributed by atoms with Gasteiger partial charge < -0.3 is 14.2 Å². The molecule has 0 N–H and O–H groups in total. The number of carbonyl (C=O) groups is 1. The van der Waals surface area contributed by atoms with E-state index in [-0.39, 0.29) is 11.5 Å². The predicted octanol–water partition coefficient (Wildman–Crippen LogP) is 4.96. The van der Waals surface area contributed by atoms with Crippen molar-refractivity contribution in [3.63, 3.8) is 0 Å². The van der Waals surface area contributed by atoms with Crippen molar-refractivity contribution in [2.75, 3.05) is 13.2 Å². The van der Waals surface area contributed by atoms with Crippen LogP contribution in [0.4, 0.5) is 0 Å². The van der Waals surface area contributed by atoms with Gasteiger partial charge in [-0.3, -0.25) is 4.79 Å². The molecule has 0 saturated heterocycles. The summed E-state index contributed by atoms with van der Waals surface area (Å²) in [6, 6.07) is 11.1. The third-order valence-corrected chi connectivity index (χ3v) is 4.02. The fourth-order valence-electron chi connectivity index (χ4n) is 2.75. The van der Waals surface area contributed by atoms with Crippen LogP contribution in [0, 0.1) is 6.92 Å². The highest BCUT2D eigenvalue weighted by atomic mass is 16.5. The van der Waals surface area contributed by atoms with Crippen molar-refractivity contribution >= 4 is 11.9 Å². The molecule has 0 unspecified atom stereocenters. The molecular formula is C22H22O4. The SMILES string of the molecule is C=C(C)COc1ccc2c(c1C)O/C(=C\c1ccccc1OCC)C2=O. The van der Waals surface area contributed by atoms with Crippen molar-refractivity contribution < 1.29 is 19.0 Å². The molecule has 0 aromatic heterocycles. The molecule has 1 heterocycles. The van der Waals surface area contributed by atoms with Gasteiger partial charge >= 0.3 is 0 Å². The van der Waals surface area contributed by atoms with Crippen LogP contribution in [0.5, 0.6) is 17.2 Å². The topological polar surface area (TPSA) is 44.8 Å². The number of para-hydroxylation sites is 1. The van der Waals surface area contributed by atoms with Gasteiger partial charge in [-0.1, -0.05) is 24.8 Å². The molecule has 4 nitrogen and oxygen atoms in total. The fourth-order valence-corrected chi connectivity index (χ4v) is 2.75. The Labute approximate surface area is 153 Å². The molecule has 1 aliphatic rings. The molecule has 0 saturated carbocycles. The van der Waals surface area contributed by atoms with Crippen LogP contribution in [0.15, 0.2) is 54.3 Å². The summed E-state index contributed by atoms with van der Waals surface area (Å²) in [5.74, 6) is 2.11. The first kappa shape index (κ1) is 17.8. The van der Waals surface area contributed by atoms with E-state index in [0.29, 0.717) is 30.3 Å². The Balaban J connectivity index is 1.92. The van der Waals surface area contributed by atoms with Gasteiger partial charge in [0, 0.05) is 11.1 Å². The summed E-state index contributed by atoms with van der Waals surface area (Å²) in [7, 11) is 0. The van der Waals surface area contributed by atoms with Crippen LogP contribution in [-0.4, -0.2) is 19.0 Å². The molecule has 0 atom stereocenters. The summed E-state index contributed by atoms with van der Waals surface area (Å²) in [6.45, 7) is 10.5. The number of Topliss-reactive ketones (excluding diaryl/α,β-unsaturated/α-hetero) is 1. The summed E-state index contributed by atoms with van der Waals surface area (Å²) in [4.78, 5) is 12.7. The number of hydrogen-bond acceptors (Lipinski definition) is 4. The molecule has 2 aromatic rings. The highest BCUT2D eigenvalue weighted by Crippen LogP contribution is 2.39. The summed E-state index contributed by atoms with van der Waals surface area (Å²) in [6.07, 6.45) is 1.72. The quantitative estimate of drug-likeness (QED) is 0.545. The number of ketones is 1. The number of ether oxygens (including phenoxy) is 3. The van der Waals surface area contributed by atoms with Crippen LogP contribution in [-0.2, 0) is 0 Å². The van der Waals surface area contributed by atoms with E-state index in [1.54, 1.807) is 18.2 Å². The predicted molar refractivity (Wildman–Crippen MR) is 102 cm³/mol. The lowest BCUT2D eigenvalue weighted by atomic mass is 10.1. The van der Waals surface area contributed by atoms with Gasteiger partial charge in [0.25, 0.3) is 0 Å². The first-order chi connectivity index (χ1) is 12.5. The zero-order valence-electron chi connectivity index (χ0n) is 15.3. The highest BCUT2D eigenvalue weighted by Gasteiger charge is 2.30. The first-order valence-electron chi connectivity index (χ1n) is 8.58. The van der Waals surface area contributed by atoms with E-state index in [1.807, 2.05) is 45.0 Å². The summed E-state index contributed by atoms with van der Waals surface area (Å²) >= 11 is 0. The van der Waals surface area contributed by atoms with Gasteiger partial charge in [-0.25, -0.2) is 0 Å². The number of fused-ring (bicyclic) bond motifs is 1. The Morgan fingerprint density at radius 1 is 1.15 bits per heavy atom. The molecule has 3 rings (SSSR count). The van der Waals surface area contributed by atoms with Gasteiger partial charge in [-0.2, -0.15) is 0 Å². The second-order valence-corrected chi connectivity index (χ2v) is 6.22. The largest absolute Gasteiger partial charge is 0.493 e. The third-order valence-electron chi connectivity index (χ3n) is 4.02. The standard InChI is InChI=1S/C22H22O4/c1-5-24-19-9-7-6-8-16(19)12-20-21(23)17-10-11-18(25-13-14(2)3)15(4)22(17)26-20/h6-12H,2,5,13H2,1,3-4H3/b20-12-. The molecule has 0 radical (unpaired) electrons. The Morgan fingerprint density at radius 2 is 1.92 bits per heavy atom. The normalized spacial score (nSPS) is 14.1. The van der Waals surface area contributed by atoms with Crippen LogP contribution in [0.3, 0.4) is 0 Å². The van der Waals surface area contributed by atoms with Crippen molar-refractivity contribution in [3.8, 4) is 17.2 Å². The second-order valence-electron chi connectivity index (χ2n) is 6.22. The average Bonchev–Trinajstić information content (AvgIpc) is 2.93. The Kier molecular flexibility index (Phi) is 5.12. The molecule has 26 heavy (non-hydrogen) atoms. The van der Waals surface area contributed by atoms with Gasteiger partial charge in [0.15, 0.2) is 5.76 Å². The highest BCUT2D eigenvalue weighted by molar-refractivity contribution is 6.15. The molecule has 0 amide bonds. The molecule has 2 aromatic carbocycles. The fraction of sp³-hybridized carbons (Fsp3) is 0.227. The average molecular weight is 350 g/mol. The summed E-state index contributed by atoms with van der Waals surface area (Å²) in [5, 5.41) is 0. The van der Waals surface area contributed by atoms with E-state index in [0.717, 1.165) is 22.4 Å². The summed E-state index contributed by atoms with van der Waals surface area (Å²) < 4.78 is 17.2. The van der Waals surface area contributed by atoms with Crippen molar-refractivity contribution in [2.45, 2.75) is 20.8 Å². The van der Waals surface area contributed by atoms with Gasteiger partial charge in [-0.15, -0.1) is 0 Å². The maximum absolute atomic E-state index is 12.7. The van der Waals surface area contributed by atoms with Crippen molar-refractivity contribution in [1.29, 1.82) is 0 Å². The zero-order valence-corrected chi connectivity index (χ0v) is 15.3. The van der Waals surface area contributed by atoms with E-state index in [9.17, 15) is 4.79 Å². The lowest BCUT2D eigenvalue weighted by Gasteiger charge is -2.11. The molecule has 1 aliphatic heterocycles. The number of benzene rings is 2. The monoisotopic (exact) mass is 350 g/mol. The Morgan fingerprint density at radius 3 is 2.65 bits per heavy atom. The second kappa shape index (κ2) is 7.48. The van der Waals surface area contributed by atoms with Crippen LogP contribution in [0.25, 0.3) is 6.08 Å². The first-order valence-corrected chi connectivity index (χ1v) is 8.58. The molecule has 4 heteroatoms. The van der Waals surface area contributed by atoms with Crippen LogP contribution >= 0.6 is 0 Å². The van der Waals surface area contributed by atoms with E-state index >= 15 is 0 Å². The van der Waals surface area contributed by atoms with Gasteiger partial charge in [0.2, 0.25) is 5.78 Å². The van der Waals surface area contributed by atoms with Gasteiger partial charge in [-0.05, 0) is 50.6 Å². The van der Waals surface area contributed by atoms with Crippen LogP contribution in [0.2, 0.25) is 0 Å². The number of hydrogen-bond donors (Lipinski definition) is 0. The number of carbonyl (C=O) groups excluding carboxylic acids is 1. The molecule has 0 aliphatic carbocycles. The van der Waals surface area contributed by atoms with E-state index < -0.39 is 0 Å². The van der Waals surface area contributed by atoms with E-state index in [1.165, 1.54) is 0 Å². The number of rotatable bonds is 6. The molecular weight excluding hydrogens is 328 g/mol. The van der Waals surface area contributed by atoms with Crippen molar-refractivity contribution in [1.82, 2.24) is 0 Å². The molecule has 0 bridgehead atoms. The van der Waals surface area contributed by atoms with Gasteiger partial charge in [0.05, 0.1) is 12.2 Å². The minimum Gasteiger partial charge on any atom is -0.493 e. The molecule has 0 spiro atoms. The molecule has 0 fully saturated rings. The maximum Gasteiger partial charge on any atom is 0.231 e. The van der Waals surface area contributed by atoms with Crippen molar-refractivity contribution in [3.05, 3.63) is 71.0 Å². The lowest BCUT2D eigenvalue weighted by molar-refractivity contribution is 0.101. The van der Waals surface area contributed by atoms with Crippen molar-refractivity contribution in [2.24, 2.45) is 0 Å². The van der Waals surface area contributed by atoms with Gasteiger partial charge in [0.1, 0.15) is 23.9 Å². The van der Waals surface area contributed by atoms with Crippen LogP contribution in [0.1, 0.15) is 35.3 Å². The summed E-state index contributed by atoms with van der Waals surface area (Å²) in [5.41, 5.74) is 3.08. The van der Waals surface area contributed by atoms with Crippen LogP contribution < -0.4 is 14.2 Å². The smallest absolute Gasteiger partial charge is 0.231 e. The lowest BCUT2D eigenvalue weighted by Crippen LogP contribution is -2.00. The van der Waals surface area contributed by atoms with E-state index in [4.69, 9.17) is 14.2 Å². The Hall–Kier alpha value is -3.01. The Bertz CT molecular complexity index is 893. The number of allylic oxidation sites excluding steroid dienone is 1. The zero-order chi connectivity index (χ0) is 18.7. The third kappa shape index (κ3) is 3.49. The minimum absolute atomic E-state index is 0.138. The van der Waals surface area contributed by atoms with E-state index in [2.05, 4.69) is 6.58 Å². The molecule has 134 valence electrons. The minimum atomic E-state index is -0.138.